The summed E-state index contributed by atoms with van der Waals surface area (Å²) in [5.41, 5.74) is 10.3. The molecular weight excluding hydrogens is 504 g/mol. The van der Waals surface area contributed by atoms with Crippen LogP contribution in [-0.4, -0.2) is 9.55 Å². The Balaban J connectivity index is 1.43. The normalized spacial score (nSPS) is 11.5. The van der Waals surface area contributed by atoms with Crippen LogP contribution >= 0.6 is 11.3 Å². The molecule has 0 unspecified atom stereocenters. The number of hydrogen-bond acceptors (Lipinski definition) is 2. The molecule has 3 heterocycles. The van der Waals surface area contributed by atoms with Crippen LogP contribution in [0.15, 0.2) is 146 Å². The largest absolute Gasteiger partial charge is 0.308 e. The molecule has 3 aromatic heterocycles. The number of hydrogen-bond donors (Lipinski definition) is 0. The smallest absolute Gasteiger partial charge is 0.0730 e. The highest BCUT2D eigenvalue weighted by atomic mass is 32.1. The molecule has 40 heavy (non-hydrogen) atoms. The predicted octanol–water partition coefficient (Wildman–Crippen LogP) is 10.4. The van der Waals surface area contributed by atoms with Crippen LogP contribution in [0.25, 0.3) is 70.5 Å². The number of aromatic nitrogens is 2. The van der Waals surface area contributed by atoms with E-state index in [4.69, 9.17) is 4.98 Å². The van der Waals surface area contributed by atoms with Crippen molar-refractivity contribution in [3.8, 4) is 39.3 Å². The molecule has 8 rings (SSSR count). The lowest BCUT2D eigenvalue weighted by atomic mass is 9.99. The Morgan fingerprint density at radius 3 is 1.88 bits per heavy atom. The monoisotopic (exact) mass is 528 g/mol. The van der Waals surface area contributed by atoms with Gasteiger partial charge in [0.15, 0.2) is 0 Å². The first-order valence-electron chi connectivity index (χ1n) is 13.5. The van der Waals surface area contributed by atoms with Gasteiger partial charge in [-0.1, -0.05) is 115 Å². The van der Waals surface area contributed by atoms with Crippen LogP contribution in [0.4, 0.5) is 0 Å². The highest BCUT2D eigenvalue weighted by molar-refractivity contribution is 7.27. The number of nitrogens with zero attached hydrogens (tertiary/aromatic N) is 2. The molecule has 5 aromatic carbocycles. The fraction of sp³-hybridized carbons (Fsp3) is 0. The summed E-state index contributed by atoms with van der Waals surface area (Å²) in [6, 6.07) is 51.6. The van der Waals surface area contributed by atoms with E-state index in [2.05, 4.69) is 150 Å². The average Bonchev–Trinajstić information content (AvgIpc) is 3.57. The molecule has 0 spiro atoms. The summed E-state index contributed by atoms with van der Waals surface area (Å²) in [6.45, 7) is 0. The Hall–Kier alpha value is -4.99. The lowest BCUT2D eigenvalue weighted by Crippen LogP contribution is -1.93. The summed E-state index contributed by atoms with van der Waals surface area (Å²) >= 11 is 1.87. The fourth-order valence-electron chi connectivity index (χ4n) is 5.76. The molecule has 0 aliphatic heterocycles. The maximum atomic E-state index is 5.25. The Kier molecular flexibility index (Phi) is 5.35. The standard InChI is InChI=1S/C37H24N2S/c1-4-13-25(14-5-1)27-23-32(26-15-6-2-7-16-26)38-33(24-27)29-20-12-21-31-35-37(40-36(29)31)30-19-10-11-22-34(30)39(35)28-17-8-3-9-18-28/h1-24H. The van der Waals surface area contributed by atoms with E-state index in [0.717, 1.165) is 22.5 Å². The van der Waals surface area contributed by atoms with Gasteiger partial charge in [0.05, 0.1) is 27.1 Å². The van der Waals surface area contributed by atoms with E-state index in [1.54, 1.807) is 0 Å². The minimum Gasteiger partial charge on any atom is -0.308 e. The Morgan fingerprint density at radius 2 is 1.10 bits per heavy atom. The zero-order chi connectivity index (χ0) is 26.5. The number of para-hydroxylation sites is 2. The highest BCUT2D eigenvalue weighted by Crippen LogP contribution is 2.45. The van der Waals surface area contributed by atoms with Gasteiger partial charge in [0.1, 0.15) is 0 Å². The molecule has 0 amide bonds. The van der Waals surface area contributed by atoms with Gasteiger partial charge in [0, 0.05) is 32.3 Å². The second kappa shape index (κ2) is 9.33. The van der Waals surface area contributed by atoms with Crippen molar-refractivity contribution in [2.24, 2.45) is 0 Å². The van der Waals surface area contributed by atoms with Crippen LogP contribution in [0, 0.1) is 0 Å². The average molecular weight is 529 g/mol. The van der Waals surface area contributed by atoms with Gasteiger partial charge in [-0.3, -0.25) is 0 Å². The van der Waals surface area contributed by atoms with E-state index in [1.807, 2.05) is 11.3 Å². The van der Waals surface area contributed by atoms with E-state index in [0.29, 0.717) is 0 Å². The summed E-state index contributed by atoms with van der Waals surface area (Å²) in [5.74, 6) is 0. The number of pyridine rings is 1. The quantitative estimate of drug-likeness (QED) is 0.222. The van der Waals surface area contributed by atoms with Crippen molar-refractivity contribution >= 4 is 42.5 Å². The summed E-state index contributed by atoms with van der Waals surface area (Å²) in [6.07, 6.45) is 0. The molecule has 188 valence electrons. The Bertz CT molecular complexity index is 2080. The van der Waals surface area contributed by atoms with Crippen molar-refractivity contribution in [1.82, 2.24) is 9.55 Å². The molecule has 3 heteroatoms. The molecule has 0 atom stereocenters. The third-order valence-corrected chi connectivity index (χ3v) is 8.86. The van der Waals surface area contributed by atoms with Crippen molar-refractivity contribution in [3.05, 3.63) is 146 Å². The molecular formula is C37H24N2S. The molecule has 0 saturated carbocycles. The van der Waals surface area contributed by atoms with E-state index in [-0.39, 0.29) is 0 Å². The Labute approximate surface area is 236 Å². The first-order valence-corrected chi connectivity index (χ1v) is 14.3. The summed E-state index contributed by atoms with van der Waals surface area (Å²) < 4.78 is 4.99. The summed E-state index contributed by atoms with van der Waals surface area (Å²) in [4.78, 5) is 5.25. The zero-order valence-electron chi connectivity index (χ0n) is 21.7. The fourth-order valence-corrected chi connectivity index (χ4v) is 7.10. The highest BCUT2D eigenvalue weighted by Gasteiger charge is 2.20. The van der Waals surface area contributed by atoms with Crippen LogP contribution < -0.4 is 0 Å². The van der Waals surface area contributed by atoms with Crippen LogP contribution in [0.1, 0.15) is 0 Å². The van der Waals surface area contributed by atoms with Gasteiger partial charge in [-0.2, -0.15) is 0 Å². The lowest BCUT2D eigenvalue weighted by molar-refractivity contribution is 1.19. The van der Waals surface area contributed by atoms with Crippen molar-refractivity contribution in [3.63, 3.8) is 0 Å². The molecule has 0 aliphatic rings. The van der Waals surface area contributed by atoms with Gasteiger partial charge < -0.3 is 4.57 Å². The lowest BCUT2D eigenvalue weighted by Gasteiger charge is -2.11. The van der Waals surface area contributed by atoms with E-state index in [9.17, 15) is 0 Å². The van der Waals surface area contributed by atoms with Crippen molar-refractivity contribution in [1.29, 1.82) is 0 Å². The second-order valence-electron chi connectivity index (χ2n) is 10.0. The van der Waals surface area contributed by atoms with Crippen molar-refractivity contribution < 1.29 is 0 Å². The molecule has 0 saturated heterocycles. The second-order valence-corrected chi connectivity index (χ2v) is 11.0. The number of benzene rings is 5. The van der Waals surface area contributed by atoms with Crippen molar-refractivity contribution in [2.75, 3.05) is 0 Å². The van der Waals surface area contributed by atoms with E-state index in [1.165, 1.54) is 48.0 Å². The topological polar surface area (TPSA) is 17.8 Å². The van der Waals surface area contributed by atoms with Crippen LogP contribution in [-0.2, 0) is 0 Å². The number of fused-ring (bicyclic) bond motifs is 5. The minimum absolute atomic E-state index is 0.981. The molecule has 8 aromatic rings. The molecule has 0 bridgehead atoms. The third kappa shape index (κ3) is 3.67. The molecule has 0 N–H and O–H groups in total. The van der Waals surface area contributed by atoms with Gasteiger partial charge >= 0.3 is 0 Å². The number of thiophene rings is 1. The third-order valence-electron chi connectivity index (χ3n) is 7.59. The van der Waals surface area contributed by atoms with Crippen molar-refractivity contribution in [2.45, 2.75) is 0 Å². The van der Waals surface area contributed by atoms with Crippen LogP contribution in [0.2, 0.25) is 0 Å². The Morgan fingerprint density at radius 1 is 0.475 bits per heavy atom. The van der Waals surface area contributed by atoms with Crippen LogP contribution in [0.5, 0.6) is 0 Å². The van der Waals surface area contributed by atoms with Gasteiger partial charge in [-0.15, -0.1) is 11.3 Å². The van der Waals surface area contributed by atoms with Gasteiger partial charge in [0.2, 0.25) is 0 Å². The summed E-state index contributed by atoms with van der Waals surface area (Å²) in [7, 11) is 0. The molecule has 0 radical (unpaired) electrons. The molecule has 0 aliphatic carbocycles. The van der Waals surface area contributed by atoms with Gasteiger partial charge in [0.25, 0.3) is 0 Å². The predicted molar refractivity (Wildman–Crippen MR) is 170 cm³/mol. The van der Waals surface area contributed by atoms with Gasteiger partial charge in [-0.05, 0) is 41.5 Å². The SMILES string of the molecule is c1ccc(-c2cc(-c3ccccc3)nc(-c3cccc4c3sc3c5ccccc5n(-c5ccccc5)c43)c2)cc1. The van der Waals surface area contributed by atoms with E-state index < -0.39 is 0 Å². The van der Waals surface area contributed by atoms with E-state index >= 15 is 0 Å². The minimum atomic E-state index is 0.981. The molecule has 0 fully saturated rings. The first kappa shape index (κ1) is 22.9. The first-order chi connectivity index (χ1) is 19.8. The van der Waals surface area contributed by atoms with Crippen LogP contribution in [0.3, 0.4) is 0 Å². The maximum Gasteiger partial charge on any atom is 0.0730 e. The number of rotatable bonds is 4. The zero-order valence-corrected chi connectivity index (χ0v) is 22.5. The summed E-state index contributed by atoms with van der Waals surface area (Å²) in [5, 5.41) is 2.54. The van der Waals surface area contributed by atoms with Gasteiger partial charge in [-0.25, -0.2) is 4.98 Å². The molecule has 2 nitrogen and oxygen atoms in total. The maximum absolute atomic E-state index is 5.25.